The van der Waals surface area contributed by atoms with Crippen molar-refractivity contribution in [1.82, 2.24) is 10.2 Å². The predicted molar refractivity (Wildman–Crippen MR) is 85.4 cm³/mol. The molecule has 1 aliphatic rings. The molecule has 3 heteroatoms. The summed E-state index contributed by atoms with van der Waals surface area (Å²) in [4.78, 5) is 2.43. The van der Waals surface area contributed by atoms with E-state index in [1.807, 2.05) is 0 Å². The Labute approximate surface area is 125 Å². The van der Waals surface area contributed by atoms with Gasteiger partial charge in [0.05, 0.1) is 0 Å². The molecular formula is C16H25BrN2. The summed E-state index contributed by atoms with van der Waals surface area (Å²) in [6.45, 7) is 9.12. The fraction of sp³-hybridized carbons (Fsp3) is 0.625. The van der Waals surface area contributed by atoms with Gasteiger partial charge in [0, 0.05) is 17.6 Å². The van der Waals surface area contributed by atoms with Gasteiger partial charge < -0.3 is 10.2 Å². The lowest BCUT2D eigenvalue weighted by molar-refractivity contribution is 0.137. The van der Waals surface area contributed by atoms with Crippen LogP contribution < -0.4 is 5.32 Å². The third kappa shape index (κ3) is 4.30. The topological polar surface area (TPSA) is 15.3 Å². The molecule has 0 aromatic heterocycles. The number of aryl methyl sites for hydroxylation is 1. The summed E-state index contributed by atoms with van der Waals surface area (Å²) in [5.74, 6) is 0. The van der Waals surface area contributed by atoms with Crippen molar-refractivity contribution in [2.45, 2.75) is 33.2 Å². The minimum Gasteiger partial charge on any atom is -0.312 e. The molecule has 106 valence electrons. The van der Waals surface area contributed by atoms with E-state index in [-0.39, 0.29) is 0 Å². The molecule has 1 aromatic rings. The standard InChI is InChI=1S/C16H25BrN2/c1-13-10-14(4-5-15(13)17)11-18-12-16(2)6-8-19(3)9-7-16/h4-5,10,18H,6-9,11-12H2,1-3H3. The maximum atomic E-state index is 3.64. The second-order valence-electron chi connectivity index (χ2n) is 6.30. The van der Waals surface area contributed by atoms with Gasteiger partial charge in [-0.05, 0) is 62.5 Å². The van der Waals surface area contributed by atoms with Gasteiger partial charge in [-0.2, -0.15) is 0 Å². The van der Waals surface area contributed by atoms with Crippen LogP contribution in [0.5, 0.6) is 0 Å². The Morgan fingerprint density at radius 2 is 2.00 bits per heavy atom. The van der Waals surface area contributed by atoms with E-state index in [0.29, 0.717) is 5.41 Å². The van der Waals surface area contributed by atoms with Crippen LogP contribution in [-0.2, 0) is 6.54 Å². The highest BCUT2D eigenvalue weighted by molar-refractivity contribution is 9.10. The van der Waals surface area contributed by atoms with Crippen LogP contribution in [0.15, 0.2) is 22.7 Å². The van der Waals surface area contributed by atoms with Crippen LogP contribution in [0.3, 0.4) is 0 Å². The molecule has 2 rings (SSSR count). The molecule has 1 saturated heterocycles. The van der Waals surface area contributed by atoms with Crippen LogP contribution in [0.25, 0.3) is 0 Å². The third-order valence-corrected chi connectivity index (χ3v) is 5.19. The molecule has 1 aromatic carbocycles. The number of piperidine rings is 1. The number of nitrogens with one attached hydrogen (secondary N) is 1. The van der Waals surface area contributed by atoms with E-state index < -0.39 is 0 Å². The molecular weight excluding hydrogens is 300 g/mol. The van der Waals surface area contributed by atoms with E-state index in [0.717, 1.165) is 13.1 Å². The lowest BCUT2D eigenvalue weighted by atomic mass is 9.80. The van der Waals surface area contributed by atoms with Gasteiger partial charge in [0.25, 0.3) is 0 Å². The first kappa shape index (κ1) is 15.0. The lowest BCUT2D eigenvalue weighted by Gasteiger charge is -2.38. The van der Waals surface area contributed by atoms with Crippen LogP contribution in [-0.4, -0.2) is 31.6 Å². The number of nitrogens with zero attached hydrogens (tertiary/aromatic N) is 1. The number of benzene rings is 1. The van der Waals surface area contributed by atoms with Crippen LogP contribution in [0.4, 0.5) is 0 Å². The highest BCUT2D eigenvalue weighted by Crippen LogP contribution is 2.29. The Morgan fingerprint density at radius 3 is 2.63 bits per heavy atom. The van der Waals surface area contributed by atoms with Crippen LogP contribution in [0.1, 0.15) is 30.9 Å². The Kier molecular flexibility index (Phi) is 5.04. The van der Waals surface area contributed by atoms with Gasteiger partial charge in [-0.1, -0.05) is 35.0 Å². The van der Waals surface area contributed by atoms with E-state index in [1.165, 1.54) is 41.5 Å². The average Bonchev–Trinajstić information content (AvgIpc) is 2.38. The van der Waals surface area contributed by atoms with Crippen LogP contribution in [0, 0.1) is 12.3 Å². The summed E-state index contributed by atoms with van der Waals surface area (Å²) in [7, 11) is 2.22. The zero-order valence-corrected chi connectivity index (χ0v) is 13.9. The number of rotatable bonds is 4. The quantitative estimate of drug-likeness (QED) is 0.910. The molecule has 1 heterocycles. The Morgan fingerprint density at radius 1 is 1.32 bits per heavy atom. The maximum Gasteiger partial charge on any atom is 0.0205 e. The normalized spacial score (nSPS) is 19.6. The smallest absolute Gasteiger partial charge is 0.0205 e. The molecule has 0 spiro atoms. The fourth-order valence-corrected chi connectivity index (χ4v) is 2.91. The van der Waals surface area contributed by atoms with E-state index in [1.54, 1.807) is 0 Å². The summed E-state index contributed by atoms with van der Waals surface area (Å²) in [6, 6.07) is 6.60. The zero-order chi connectivity index (χ0) is 13.9. The number of hydrogen-bond acceptors (Lipinski definition) is 2. The largest absolute Gasteiger partial charge is 0.312 e. The van der Waals surface area contributed by atoms with Gasteiger partial charge in [-0.15, -0.1) is 0 Å². The van der Waals surface area contributed by atoms with Gasteiger partial charge in [0.2, 0.25) is 0 Å². The SMILES string of the molecule is Cc1cc(CNCC2(C)CCN(C)CC2)ccc1Br. The molecule has 0 amide bonds. The van der Waals surface area contributed by atoms with Gasteiger partial charge in [0.1, 0.15) is 0 Å². The number of likely N-dealkylation sites (tertiary alicyclic amines) is 1. The molecule has 0 saturated carbocycles. The highest BCUT2D eigenvalue weighted by Gasteiger charge is 2.28. The fourth-order valence-electron chi connectivity index (χ4n) is 2.66. The molecule has 0 atom stereocenters. The molecule has 1 fully saturated rings. The molecule has 1 aliphatic heterocycles. The minimum atomic E-state index is 0.469. The highest BCUT2D eigenvalue weighted by atomic mass is 79.9. The number of hydrogen-bond donors (Lipinski definition) is 1. The second-order valence-corrected chi connectivity index (χ2v) is 7.16. The molecule has 19 heavy (non-hydrogen) atoms. The molecule has 0 bridgehead atoms. The van der Waals surface area contributed by atoms with Crippen molar-refractivity contribution in [3.05, 3.63) is 33.8 Å². The molecule has 0 aliphatic carbocycles. The van der Waals surface area contributed by atoms with E-state index in [4.69, 9.17) is 0 Å². The summed E-state index contributed by atoms with van der Waals surface area (Å²) < 4.78 is 1.19. The van der Waals surface area contributed by atoms with Crippen molar-refractivity contribution in [3.8, 4) is 0 Å². The lowest BCUT2D eigenvalue weighted by Crippen LogP contribution is -2.41. The molecule has 2 nitrogen and oxygen atoms in total. The molecule has 0 radical (unpaired) electrons. The first-order chi connectivity index (χ1) is 8.98. The van der Waals surface area contributed by atoms with E-state index >= 15 is 0 Å². The maximum absolute atomic E-state index is 3.64. The predicted octanol–water partition coefficient (Wildman–Crippen LogP) is 3.58. The van der Waals surface area contributed by atoms with Gasteiger partial charge in [-0.25, -0.2) is 0 Å². The summed E-state index contributed by atoms with van der Waals surface area (Å²) in [5, 5.41) is 3.64. The average molecular weight is 325 g/mol. The van der Waals surface area contributed by atoms with Crippen molar-refractivity contribution < 1.29 is 0 Å². The third-order valence-electron chi connectivity index (χ3n) is 4.30. The first-order valence-corrected chi connectivity index (χ1v) is 7.92. The van der Waals surface area contributed by atoms with Gasteiger partial charge >= 0.3 is 0 Å². The number of halogens is 1. The summed E-state index contributed by atoms with van der Waals surface area (Å²) in [5.41, 5.74) is 3.15. The van der Waals surface area contributed by atoms with Crippen LogP contribution in [0.2, 0.25) is 0 Å². The minimum absolute atomic E-state index is 0.469. The van der Waals surface area contributed by atoms with Crippen molar-refractivity contribution in [2.24, 2.45) is 5.41 Å². The van der Waals surface area contributed by atoms with Crippen molar-refractivity contribution in [2.75, 3.05) is 26.7 Å². The Hall–Kier alpha value is -0.380. The van der Waals surface area contributed by atoms with Gasteiger partial charge in [-0.3, -0.25) is 0 Å². The van der Waals surface area contributed by atoms with E-state index in [2.05, 4.69) is 65.2 Å². The Balaban J connectivity index is 1.81. The van der Waals surface area contributed by atoms with Crippen molar-refractivity contribution >= 4 is 15.9 Å². The van der Waals surface area contributed by atoms with Gasteiger partial charge in [0.15, 0.2) is 0 Å². The summed E-state index contributed by atoms with van der Waals surface area (Å²) in [6.07, 6.45) is 2.60. The monoisotopic (exact) mass is 324 g/mol. The van der Waals surface area contributed by atoms with E-state index in [9.17, 15) is 0 Å². The molecule has 0 unspecified atom stereocenters. The van der Waals surface area contributed by atoms with Crippen molar-refractivity contribution in [3.63, 3.8) is 0 Å². The molecule has 1 N–H and O–H groups in total. The second kappa shape index (κ2) is 6.38. The first-order valence-electron chi connectivity index (χ1n) is 7.13. The Bertz CT molecular complexity index is 423. The zero-order valence-electron chi connectivity index (χ0n) is 12.3. The van der Waals surface area contributed by atoms with Crippen molar-refractivity contribution in [1.29, 1.82) is 0 Å². The van der Waals surface area contributed by atoms with Crippen LogP contribution >= 0.6 is 15.9 Å². The summed E-state index contributed by atoms with van der Waals surface area (Å²) >= 11 is 3.55.